The second kappa shape index (κ2) is 7.08. The fourth-order valence-corrected chi connectivity index (χ4v) is 1.97. The molecule has 0 saturated heterocycles. The zero-order chi connectivity index (χ0) is 13.5. The van der Waals surface area contributed by atoms with E-state index in [0.717, 1.165) is 18.7 Å². The van der Waals surface area contributed by atoms with Crippen molar-refractivity contribution in [3.8, 4) is 0 Å². The molecule has 0 aliphatic rings. The number of benzene rings is 1. The van der Waals surface area contributed by atoms with Crippen LogP contribution in [-0.2, 0) is 6.42 Å². The van der Waals surface area contributed by atoms with Crippen molar-refractivity contribution in [1.82, 2.24) is 10.2 Å². The lowest BCUT2D eigenvalue weighted by molar-refractivity contribution is -0.385. The summed E-state index contributed by atoms with van der Waals surface area (Å²) in [5.74, 6) is 0. The molecule has 0 spiro atoms. The molecule has 5 heteroatoms. The third-order valence-electron chi connectivity index (χ3n) is 2.71. The van der Waals surface area contributed by atoms with Crippen LogP contribution in [-0.4, -0.2) is 43.0 Å². The molecule has 100 valence electrons. The summed E-state index contributed by atoms with van der Waals surface area (Å²) in [6, 6.07) is 7.28. The van der Waals surface area contributed by atoms with Crippen molar-refractivity contribution < 1.29 is 4.92 Å². The predicted molar refractivity (Wildman–Crippen MR) is 72.8 cm³/mol. The summed E-state index contributed by atoms with van der Waals surface area (Å²) in [5, 5.41) is 14.2. The van der Waals surface area contributed by atoms with Gasteiger partial charge in [-0.2, -0.15) is 0 Å². The molecule has 0 bridgehead atoms. The molecule has 1 N–H and O–H groups in total. The van der Waals surface area contributed by atoms with E-state index in [4.69, 9.17) is 0 Å². The van der Waals surface area contributed by atoms with Crippen molar-refractivity contribution >= 4 is 5.69 Å². The van der Waals surface area contributed by atoms with Gasteiger partial charge in [-0.1, -0.05) is 18.2 Å². The second-order valence-electron chi connectivity index (χ2n) is 4.75. The van der Waals surface area contributed by atoms with E-state index >= 15 is 0 Å². The van der Waals surface area contributed by atoms with Gasteiger partial charge in [-0.3, -0.25) is 10.1 Å². The van der Waals surface area contributed by atoms with E-state index in [0.29, 0.717) is 12.5 Å². The molecule has 1 aromatic carbocycles. The molecule has 0 amide bonds. The Morgan fingerprint density at radius 3 is 2.67 bits per heavy atom. The van der Waals surface area contributed by atoms with Crippen LogP contribution in [0.4, 0.5) is 5.69 Å². The largest absolute Gasteiger partial charge is 0.313 e. The fraction of sp³-hybridized carbons (Fsp3) is 0.538. The van der Waals surface area contributed by atoms with E-state index in [9.17, 15) is 10.1 Å². The molecule has 1 aromatic rings. The highest BCUT2D eigenvalue weighted by molar-refractivity contribution is 5.39. The van der Waals surface area contributed by atoms with Gasteiger partial charge in [-0.25, -0.2) is 0 Å². The van der Waals surface area contributed by atoms with E-state index in [1.807, 2.05) is 26.2 Å². The van der Waals surface area contributed by atoms with Crippen LogP contribution in [0.3, 0.4) is 0 Å². The van der Waals surface area contributed by atoms with E-state index in [2.05, 4.69) is 17.1 Å². The number of nitro benzene ring substituents is 1. The molecular formula is C13H21N3O2. The molecule has 0 heterocycles. The maximum absolute atomic E-state index is 10.8. The summed E-state index contributed by atoms with van der Waals surface area (Å²) < 4.78 is 0. The Morgan fingerprint density at radius 2 is 2.06 bits per heavy atom. The highest BCUT2D eigenvalue weighted by atomic mass is 16.6. The molecular weight excluding hydrogens is 230 g/mol. The van der Waals surface area contributed by atoms with Crippen molar-refractivity contribution in [1.29, 1.82) is 0 Å². The van der Waals surface area contributed by atoms with Crippen molar-refractivity contribution in [3.05, 3.63) is 39.9 Å². The van der Waals surface area contributed by atoms with Crippen molar-refractivity contribution in [3.63, 3.8) is 0 Å². The van der Waals surface area contributed by atoms with Crippen LogP contribution in [0.2, 0.25) is 0 Å². The molecule has 0 radical (unpaired) electrons. The lowest BCUT2D eigenvalue weighted by atomic mass is 10.1. The number of hydrogen-bond acceptors (Lipinski definition) is 4. The number of nitrogens with one attached hydrogen (secondary N) is 1. The number of hydrogen-bond donors (Lipinski definition) is 1. The van der Waals surface area contributed by atoms with Gasteiger partial charge in [0.25, 0.3) is 5.69 Å². The molecule has 5 nitrogen and oxygen atoms in total. The van der Waals surface area contributed by atoms with Crippen LogP contribution < -0.4 is 5.32 Å². The molecule has 0 aromatic heterocycles. The van der Waals surface area contributed by atoms with Crippen LogP contribution in [0.25, 0.3) is 0 Å². The second-order valence-corrected chi connectivity index (χ2v) is 4.75. The van der Waals surface area contributed by atoms with E-state index in [-0.39, 0.29) is 10.6 Å². The Kier molecular flexibility index (Phi) is 5.74. The molecule has 18 heavy (non-hydrogen) atoms. The van der Waals surface area contributed by atoms with Gasteiger partial charge in [0.05, 0.1) is 4.92 Å². The molecule has 1 atom stereocenters. The number of para-hydroxylation sites is 1. The Morgan fingerprint density at radius 1 is 1.39 bits per heavy atom. The van der Waals surface area contributed by atoms with Gasteiger partial charge < -0.3 is 10.2 Å². The van der Waals surface area contributed by atoms with E-state index < -0.39 is 0 Å². The minimum Gasteiger partial charge on any atom is -0.313 e. The summed E-state index contributed by atoms with van der Waals surface area (Å²) >= 11 is 0. The topological polar surface area (TPSA) is 58.4 Å². The zero-order valence-corrected chi connectivity index (χ0v) is 11.2. The monoisotopic (exact) mass is 251 g/mol. The third-order valence-corrected chi connectivity index (χ3v) is 2.71. The molecule has 0 aliphatic carbocycles. The SMILES string of the molecule is CC(CN(C)C)NCCc1ccccc1[N+](=O)[O-]. The first-order valence-corrected chi connectivity index (χ1v) is 6.11. The molecule has 0 saturated carbocycles. The Hall–Kier alpha value is -1.46. The van der Waals surface area contributed by atoms with Gasteiger partial charge in [0.2, 0.25) is 0 Å². The third kappa shape index (κ3) is 4.81. The van der Waals surface area contributed by atoms with Crippen LogP contribution >= 0.6 is 0 Å². The van der Waals surface area contributed by atoms with Gasteiger partial charge in [0.1, 0.15) is 0 Å². The molecule has 1 rings (SSSR count). The number of nitrogens with zero attached hydrogens (tertiary/aromatic N) is 2. The summed E-state index contributed by atoms with van der Waals surface area (Å²) in [7, 11) is 4.06. The standard InChI is InChI=1S/C13H21N3O2/c1-11(10-15(2)3)14-9-8-12-6-4-5-7-13(12)16(17)18/h4-7,11,14H,8-10H2,1-3H3. The number of rotatable bonds is 7. The minimum atomic E-state index is -0.321. The summed E-state index contributed by atoms with van der Waals surface area (Å²) in [6.07, 6.45) is 0.676. The summed E-state index contributed by atoms with van der Waals surface area (Å²) in [6.45, 7) is 3.82. The van der Waals surface area contributed by atoms with Gasteiger partial charge in [0, 0.05) is 24.2 Å². The maximum atomic E-state index is 10.8. The first kappa shape index (κ1) is 14.6. The first-order valence-electron chi connectivity index (χ1n) is 6.11. The van der Waals surface area contributed by atoms with Crippen LogP contribution in [0.1, 0.15) is 12.5 Å². The first-order chi connectivity index (χ1) is 8.50. The highest BCUT2D eigenvalue weighted by Gasteiger charge is 2.12. The smallest absolute Gasteiger partial charge is 0.272 e. The average molecular weight is 251 g/mol. The summed E-state index contributed by atoms with van der Waals surface area (Å²) in [5.41, 5.74) is 0.992. The highest BCUT2D eigenvalue weighted by Crippen LogP contribution is 2.17. The Labute approximate surface area is 108 Å². The van der Waals surface area contributed by atoms with Gasteiger partial charge in [-0.15, -0.1) is 0 Å². The maximum Gasteiger partial charge on any atom is 0.272 e. The van der Waals surface area contributed by atoms with Gasteiger partial charge >= 0.3 is 0 Å². The average Bonchev–Trinajstić information content (AvgIpc) is 2.28. The quantitative estimate of drug-likeness (QED) is 0.591. The molecule has 0 fully saturated rings. The zero-order valence-electron chi connectivity index (χ0n) is 11.2. The van der Waals surface area contributed by atoms with Gasteiger partial charge in [0.15, 0.2) is 0 Å². The van der Waals surface area contributed by atoms with E-state index in [1.165, 1.54) is 0 Å². The van der Waals surface area contributed by atoms with Crippen molar-refractivity contribution in [2.24, 2.45) is 0 Å². The lowest BCUT2D eigenvalue weighted by Crippen LogP contribution is -2.36. The van der Waals surface area contributed by atoms with E-state index in [1.54, 1.807) is 12.1 Å². The lowest BCUT2D eigenvalue weighted by Gasteiger charge is -2.18. The van der Waals surface area contributed by atoms with Crippen LogP contribution in [0.5, 0.6) is 0 Å². The Balaban J connectivity index is 2.46. The van der Waals surface area contributed by atoms with Crippen LogP contribution in [0.15, 0.2) is 24.3 Å². The van der Waals surface area contributed by atoms with Gasteiger partial charge in [-0.05, 0) is 34.0 Å². The van der Waals surface area contributed by atoms with Crippen molar-refractivity contribution in [2.75, 3.05) is 27.2 Å². The molecule has 1 unspecified atom stereocenters. The minimum absolute atomic E-state index is 0.208. The van der Waals surface area contributed by atoms with Crippen LogP contribution in [0, 0.1) is 10.1 Å². The van der Waals surface area contributed by atoms with Crippen molar-refractivity contribution in [2.45, 2.75) is 19.4 Å². The number of likely N-dealkylation sites (N-methyl/N-ethyl adjacent to an activating group) is 1. The number of nitro groups is 1. The summed E-state index contributed by atoms with van der Waals surface area (Å²) in [4.78, 5) is 12.6. The molecule has 0 aliphatic heterocycles. The normalized spacial score (nSPS) is 12.7. The predicted octanol–water partition coefficient (Wildman–Crippen LogP) is 1.68. The Bertz CT molecular complexity index is 394. The fourth-order valence-electron chi connectivity index (χ4n) is 1.97.